The minimum Gasteiger partial charge on any atom is -0.492 e. The molecule has 0 heterocycles. The van der Waals surface area contributed by atoms with Gasteiger partial charge in [-0.3, -0.25) is 4.99 Å². The van der Waals surface area contributed by atoms with Crippen LogP contribution in [0.2, 0.25) is 0 Å². The molecule has 2 aromatic carbocycles. The fraction of sp³-hybridized carbons (Fsp3) is 0.409. The topological polar surface area (TPSA) is 58.1 Å². The molecule has 6 nitrogen and oxygen atoms in total. The maximum Gasteiger partial charge on any atom is 0.387 e. The predicted octanol–water partition coefficient (Wildman–Crippen LogP) is 3.40. The maximum absolute atomic E-state index is 12.6. The molecule has 0 spiro atoms. The van der Waals surface area contributed by atoms with Gasteiger partial charge in [0.05, 0.1) is 0 Å². The van der Waals surface area contributed by atoms with Gasteiger partial charge in [0.25, 0.3) is 0 Å². The summed E-state index contributed by atoms with van der Waals surface area (Å²) in [5.41, 5.74) is 2.63. The number of benzene rings is 2. The van der Waals surface area contributed by atoms with Crippen LogP contribution in [0, 0.1) is 6.92 Å². The number of hydrogen-bond acceptors (Lipinski definition) is 4. The fourth-order valence-electron chi connectivity index (χ4n) is 2.73. The van der Waals surface area contributed by atoms with Crippen LogP contribution in [-0.4, -0.2) is 51.8 Å². The lowest BCUT2D eigenvalue weighted by atomic mass is 10.1. The summed E-state index contributed by atoms with van der Waals surface area (Å²) in [5.74, 6) is 1.52. The summed E-state index contributed by atoms with van der Waals surface area (Å²) in [7, 11) is 5.66. The molecule has 0 aliphatic carbocycles. The highest BCUT2D eigenvalue weighted by Crippen LogP contribution is 2.22. The van der Waals surface area contributed by atoms with Crippen molar-refractivity contribution >= 4 is 5.96 Å². The lowest BCUT2D eigenvalue weighted by Crippen LogP contribution is -2.36. The summed E-state index contributed by atoms with van der Waals surface area (Å²) >= 11 is 0. The van der Waals surface area contributed by atoms with Crippen LogP contribution in [0.1, 0.15) is 16.7 Å². The number of alkyl halides is 2. The maximum atomic E-state index is 12.6. The van der Waals surface area contributed by atoms with Crippen molar-refractivity contribution < 1.29 is 18.3 Å². The Labute approximate surface area is 176 Å². The molecule has 2 aromatic rings. The molecule has 0 saturated heterocycles. The first-order valence-corrected chi connectivity index (χ1v) is 9.72. The SMILES string of the molecule is CN=C(NCc1cccc(OCCN(C)C)c1)NCc1cc(C)ccc1OC(F)F. The lowest BCUT2D eigenvalue weighted by Gasteiger charge is -2.16. The first-order valence-electron chi connectivity index (χ1n) is 9.72. The second-order valence-corrected chi connectivity index (χ2v) is 7.07. The van der Waals surface area contributed by atoms with Gasteiger partial charge in [0, 0.05) is 32.2 Å². The van der Waals surface area contributed by atoms with E-state index in [-0.39, 0.29) is 5.75 Å². The number of guanidine groups is 1. The molecule has 0 unspecified atom stereocenters. The summed E-state index contributed by atoms with van der Waals surface area (Å²) in [5, 5.41) is 6.35. The van der Waals surface area contributed by atoms with Gasteiger partial charge in [0.15, 0.2) is 5.96 Å². The van der Waals surface area contributed by atoms with Crippen molar-refractivity contribution in [1.82, 2.24) is 15.5 Å². The van der Waals surface area contributed by atoms with Gasteiger partial charge < -0.3 is 25.0 Å². The average molecular weight is 421 g/mol. The van der Waals surface area contributed by atoms with Crippen LogP contribution >= 0.6 is 0 Å². The van der Waals surface area contributed by atoms with Crippen LogP contribution in [0.4, 0.5) is 8.78 Å². The molecular weight excluding hydrogens is 390 g/mol. The third-order valence-corrected chi connectivity index (χ3v) is 4.27. The van der Waals surface area contributed by atoms with Gasteiger partial charge in [-0.15, -0.1) is 0 Å². The Bertz CT molecular complexity index is 829. The first-order chi connectivity index (χ1) is 14.4. The predicted molar refractivity (Wildman–Crippen MR) is 115 cm³/mol. The highest BCUT2D eigenvalue weighted by atomic mass is 19.3. The molecular formula is C22H30F2N4O2. The van der Waals surface area contributed by atoms with E-state index in [1.807, 2.05) is 51.4 Å². The van der Waals surface area contributed by atoms with Crippen molar-refractivity contribution in [3.63, 3.8) is 0 Å². The van der Waals surface area contributed by atoms with E-state index < -0.39 is 6.61 Å². The van der Waals surface area contributed by atoms with E-state index in [4.69, 9.17) is 4.74 Å². The zero-order valence-electron chi connectivity index (χ0n) is 17.9. The number of halogens is 2. The largest absolute Gasteiger partial charge is 0.492 e. The van der Waals surface area contributed by atoms with Gasteiger partial charge >= 0.3 is 6.61 Å². The first kappa shape index (κ1) is 23.4. The van der Waals surface area contributed by atoms with Gasteiger partial charge in [0.1, 0.15) is 18.1 Å². The van der Waals surface area contributed by atoms with E-state index >= 15 is 0 Å². The molecule has 0 saturated carbocycles. The molecule has 2 N–H and O–H groups in total. The van der Waals surface area contributed by atoms with E-state index in [0.717, 1.165) is 23.4 Å². The molecule has 0 radical (unpaired) electrons. The van der Waals surface area contributed by atoms with E-state index in [9.17, 15) is 8.78 Å². The minimum absolute atomic E-state index is 0.154. The fourth-order valence-corrected chi connectivity index (χ4v) is 2.73. The summed E-state index contributed by atoms with van der Waals surface area (Å²) in [6, 6.07) is 12.9. The number of nitrogens with zero attached hydrogens (tertiary/aromatic N) is 2. The van der Waals surface area contributed by atoms with Gasteiger partial charge in [-0.1, -0.05) is 29.8 Å². The molecule has 0 aliphatic rings. The normalized spacial score (nSPS) is 11.7. The number of rotatable bonds is 10. The summed E-state index contributed by atoms with van der Waals surface area (Å²) in [4.78, 5) is 6.25. The average Bonchev–Trinajstić information content (AvgIpc) is 2.69. The van der Waals surface area contributed by atoms with Gasteiger partial charge in [-0.2, -0.15) is 8.78 Å². The van der Waals surface area contributed by atoms with Gasteiger partial charge in [-0.25, -0.2) is 0 Å². The van der Waals surface area contributed by atoms with Crippen molar-refractivity contribution in [3.8, 4) is 11.5 Å². The van der Waals surface area contributed by atoms with Crippen molar-refractivity contribution in [3.05, 3.63) is 59.2 Å². The number of likely N-dealkylation sites (N-methyl/N-ethyl adjacent to an activating group) is 1. The zero-order valence-corrected chi connectivity index (χ0v) is 17.9. The standard InChI is InChI=1S/C22H30F2N4O2/c1-16-8-9-20(30-21(23)24)18(12-16)15-27-22(25-2)26-14-17-6-5-7-19(13-17)29-11-10-28(3)4/h5-9,12-13,21H,10-11,14-15H2,1-4H3,(H2,25,26,27). The van der Waals surface area contributed by atoms with Crippen LogP contribution < -0.4 is 20.1 Å². The molecule has 0 fully saturated rings. The molecule has 2 rings (SSSR count). The molecule has 8 heteroatoms. The van der Waals surface area contributed by atoms with Crippen molar-refractivity contribution in [2.45, 2.75) is 26.6 Å². The Morgan fingerprint density at radius 1 is 1.10 bits per heavy atom. The third-order valence-electron chi connectivity index (χ3n) is 4.27. The Morgan fingerprint density at radius 3 is 2.57 bits per heavy atom. The Hall–Kier alpha value is -2.87. The number of nitrogens with one attached hydrogen (secondary N) is 2. The van der Waals surface area contributed by atoms with E-state index in [1.165, 1.54) is 0 Å². The van der Waals surface area contributed by atoms with Crippen molar-refractivity contribution in [2.75, 3.05) is 34.3 Å². The Kier molecular flexibility index (Phi) is 9.34. The third kappa shape index (κ3) is 8.24. The molecule has 0 aliphatic heterocycles. The van der Waals surface area contributed by atoms with E-state index in [1.54, 1.807) is 19.2 Å². The highest BCUT2D eigenvalue weighted by Gasteiger charge is 2.10. The highest BCUT2D eigenvalue weighted by molar-refractivity contribution is 5.79. The molecule has 164 valence electrons. The van der Waals surface area contributed by atoms with E-state index in [0.29, 0.717) is 31.2 Å². The van der Waals surface area contributed by atoms with Crippen molar-refractivity contribution in [2.24, 2.45) is 4.99 Å². The number of aryl methyl sites for hydroxylation is 1. The van der Waals surface area contributed by atoms with Crippen LogP contribution in [0.15, 0.2) is 47.5 Å². The van der Waals surface area contributed by atoms with Crippen LogP contribution in [0.5, 0.6) is 11.5 Å². The molecule has 0 aromatic heterocycles. The monoisotopic (exact) mass is 420 g/mol. The van der Waals surface area contributed by atoms with Gasteiger partial charge in [-0.05, 0) is 44.8 Å². The number of ether oxygens (including phenoxy) is 2. The number of aliphatic imine (C=N–C) groups is 1. The summed E-state index contributed by atoms with van der Waals surface area (Å²) in [6.45, 7) is 1.34. The molecule has 30 heavy (non-hydrogen) atoms. The van der Waals surface area contributed by atoms with Crippen molar-refractivity contribution in [1.29, 1.82) is 0 Å². The lowest BCUT2D eigenvalue weighted by molar-refractivity contribution is -0.0504. The second kappa shape index (κ2) is 12.0. The zero-order chi connectivity index (χ0) is 21.9. The molecule has 0 bridgehead atoms. The molecule has 0 amide bonds. The van der Waals surface area contributed by atoms with Crippen LogP contribution in [0.3, 0.4) is 0 Å². The summed E-state index contributed by atoms with van der Waals surface area (Å²) < 4.78 is 35.6. The minimum atomic E-state index is -2.86. The second-order valence-electron chi connectivity index (χ2n) is 7.07. The smallest absolute Gasteiger partial charge is 0.387 e. The molecule has 0 atom stereocenters. The summed E-state index contributed by atoms with van der Waals surface area (Å²) in [6.07, 6.45) is 0. The Balaban J connectivity index is 1.91. The Morgan fingerprint density at radius 2 is 1.87 bits per heavy atom. The quantitative estimate of drug-likeness (QED) is 0.456. The van der Waals surface area contributed by atoms with E-state index in [2.05, 4.69) is 25.3 Å². The van der Waals surface area contributed by atoms with Gasteiger partial charge in [0.2, 0.25) is 0 Å². The number of hydrogen-bond donors (Lipinski definition) is 2. The van der Waals surface area contributed by atoms with Crippen LogP contribution in [-0.2, 0) is 13.1 Å². The van der Waals surface area contributed by atoms with Crippen LogP contribution in [0.25, 0.3) is 0 Å².